The van der Waals surface area contributed by atoms with Gasteiger partial charge in [0.1, 0.15) is 0 Å². The second-order valence-electron chi connectivity index (χ2n) is 6.04. The lowest BCUT2D eigenvalue weighted by Crippen LogP contribution is -2.49. The molecule has 2 aromatic rings. The number of hydrogen-bond donors (Lipinski definition) is 2. The Morgan fingerprint density at radius 1 is 1.33 bits per heavy atom. The molecule has 2 rings (SSSR count). The highest BCUT2D eigenvalue weighted by Gasteiger charge is 2.21. The quantitative estimate of drug-likeness (QED) is 0.827. The first-order valence-corrected chi connectivity index (χ1v) is 7.94. The predicted octanol–water partition coefficient (Wildman–Crippen LogP) is 1.70. The Labute approximate surface area is 147 Å². The van der Waals surface area contributed by atoms with E-state index in [0.29, 0.717) is 11.9 Å². The van der Waals surface area contributed by atoms with Crippen LogP contribution in [0.4, 0.5) is 0 Å². The van der Waals surface area contributed by atoms with Crippen LogP contribution in [0.3, 0.4) is 0 Å². The molecule has 6 nitrogen and oxygen atoms in total. The molecule has 0 aliphatic carbocycles. The molecule has 0 saturated carbocycles. The van der Waals surface area contributed by atoms with Crippen molar-refractivity contribution in [2.75, 3.05) is 0 Å². The Morgan fingerprint density at radius 3 is 2.67 bits per heavy atom. The third-order valence-electron chi connectivity index (χ3n) is 4.16. The van der Waals surface area contributed by atoms with E-state index in [4.69, 9.17) is 5.73 Å². The predicted molar refractivity (Wildman–Crippen MR) is 98.3 cm³/mol. The van der Waals surface area contributed by atoms with Gasteiger partial charge in [0.25, 0.3) is 5.56 Å². The van der Waals surface area contributed by atoms with Gasteiger partial charge in [-0.15, -0.1) is 12.4 Å². The maximum Gasteiger partial charge on any atom is 0.274 e. The van der Waals surface area contributed by atoms with Crippen molar-refractivity contribution in [3.63, 3.8) is 0 Å². The molecule has 0 bridgehead atoms. The summed E-state index contributed by atoms with van der Waals surface area (Å²) in [6.07, 6.45) is 2.50. The number of nitrogens with zero attached hydrogens (tertiary/aromatic N) is 2. The van der Waals surface area contributed by atoms with E-state index < -0.39 is 6.04 Å². The minimum Gasteiger partial charge on any atom is -0.350 e. The molecule has 3 atom stereocenters. The monoisotopic (exact) mass is 352 g/mol. The van der Waals surface area contributed by atoms with Crippen LogP contribution >= 0.6 is 12.4 Å². The highest BCUT2D eigenvalue weighted by atomic mass is 35.5. The summed E-state index contributed by atoms with van der Waals surface area (Å²) in [6.45, 7) is 6.09. The zero-order valence-corrected chi connectivity index (χ0v) is 15.0. The first-order valence-electron chi connectivity index (χ1n) is 7.94. The zero-order chi connectivity index (χ0) is 17.0. The van der Waals surface area contributed by atoms with Crippen molar-refractivity contribution in [1.82, 2.24) is 15.1 Å². The summed E-state index contributed by atoms with van der Waals surface area (Å²) in [4.78, 5) is 24.5. The van der Waals surface area contributed by atoms with E-state index in [2.05, 4.69) is 10.4 Å². The molecular formula is C17H25ClN4O2. The molecule has 3 unspecified atom stereocenters. The number of nitrogens with two attached hydrogens (primary N) is 1. The van der Waals surface area contributed by atoms with Gasteiger partial charge in [-0.25, -0.2) is 4.68 Å². The second-order valence-corrected chi connectivity index (χ2v) is 6.04. The molecule has 1 aromatic carbocycles. The Kier molecular flexibility index (Phi) is 7.38. The molecule has 3 N–H and O–H groups in total. The van der Waals surface area contributed by atoms with Gasteiger partial charge in [-0.05, 0) is 18.9 Å². The van der Waals surface area contributed by atoms with Gasteiger partial charge in [-0.1, -0.05) is 38.5 Å². The van der Waals surface area contributed by atoms with E-state index in [1.807, 2.05) is 39.0 Å². The third-order valence-corrected chi connectivity index (χ3v) is 4.16. The number of fused-ring (bicyclic) bond motifs is 1. The fraction of sp³-hybridized carbons (Fsp3) is 0.471. The molecule has 1 aromatic heterocycles. The maximum absolute atomic E-state index is 12.4. The van der Waals surface area contributed by atoms with Crippen LogP contribution in [0.15, 0.2) is 35.3 Å². The van der Waals surface area contributed by atoms with Crippen molar-refractivity contribution in [1.29, 1.82) is 0 Å². The number of hydrogen-bond acceptors (Lipinski definition) is 4. The average molecular weight is 353 g/mol. The summed E-state index contributed by atoms with van der Waals surface area (Å²) in [6, 6.07) is 6.55. The first-order chi connectivity index (χ1) is 10.9. The minimum absolute atomic E-state index is 0. The molecule has 132 valence electrons. The molecule has 24 heavy (non-hydrogen) atoms. The number of carbonyl (C=O) groups is 1. The van der Waals surface area contributed by atoms with Crippen molar-refractivity contribution < 1.29 is 4.79 Å². The van der Waals surface area contributed by atoms with Crippen LogP contribution in [0.2, 0.25) is 0 Å². The molecule has 1 amide bonds. The Morgan fingerprint density at radius 2 is 2.00 bits per heavy atom. The fourth-order valence-electron chi connectivity index (χ4n) is 2.41. The van der Waals surface area contributed by atoms with Crippen LogP contribution < -0.4 is 16.6 Å². The Bertz CT molecular complexity index is 747. The Balaban J connectivity index is 0.00000288. The molecule has 1 heterocycles. The van der Waals surface area contributed by atoms with Crippen LogP contribution in [0.1, 0.15) is 27.2 Å². The van der Waals surface area contributed by atoms with E-state index >= 15 is 0 Å². The second kappa shape index (κ2) is 8.80. The lowest BCUT2D eigenvalue weighted by molar-refractivity contribution is -0.124. The molecule has 0 saturated heterocycles. The normalized spacial score (nSPS) is 14.5. The van der Waals surface area contributed by atoms with E-state index in [0.717, 1.165) is 11.8 Å². The number of aromatic nitrogens is 2. The largest absolute Gasteiger partial charge is 0.350 e. The van der Waals surface area contributed by atoms with Crippen molar-refractivity contribution in [2.24, 2.45) is 11.7 Å². The van der Waals surface area contributed by atoms with Crippen LogP contribution in [0.25, 0.3) is 10.8 Å². The Hall–Kier alpha value is -1.92. The summed E-state index contributed by atoms with van der Waals surface area (Å²) in [5.41, 5.74) is 5.76. The van der Waals surface area contributed by atoms with Gasteiger partial charge in [0, 0.05) is 11.4 Å². The van der Waals surface area contributed by atoms with Crippen molar-refractivity contribution in [2.45, 2.75) is 45.8 Å². The van der Waals surface area contributed by atoms with Gasteiger partial charge in [0.15, 0.2) is 0 Å². The van der Waals surface area contributed by atoms with E-state index in [1.165, 1.54) is 4.68 Å². The number of rotatable bonds is 6. The molecule has 0 radical (unpaired) electrons. The molecule has 0 aliphatic rings. The summed E-state index contributed by atoms with van der Waals surface area (Å²) in [7, 11) is 0. The minimum atomic E-state index is -0.538. The zero-order valence-electron chi connectivity index (χ0n) is 14.2. The molecule has 0 spiro atoms. The van der Waals surface area contributed by atoms with E-state index in [1.54, 1.807) is 12.3 Å². The smallest absolute Gasteiger partial charge is 0.274 e. The van der Waals surface area contributed by atoms with E-state index in [-0.39, 0.29) is 35.8 Å². The summed E-state index contributed by atoms with van der Waals surface area (Å²) in [5.74, 6) is -0.0793. The lowest BCUT2D eigenvalue weighted by Gasteiger charge is -2.21. The number of benzene rings is 1. The number of amides is 1. The van der Waals surface area contributed by atoms with Crippen LogP contribution in [0.5, 0.6) is 0 Å². The van der Waals surface area contributed by atoms with Crippen LogP contribution in [0, 0.1) is 5.92 Å². The van der Waals surface area contributed by atoms with Crippen LogP contribution in [-0.2, 0) is 11.3 Å². The average Bonchev–Trinajstić information content (AvgIpc) is 2.56. The van der Waals surface area contributed by atoms with Crippen LogP contribution in [-0.4, -0.2) is 27.8 Å². The van der Waals surface area contributed by atoms with Crippen molar-refractivity contribution >= 4 is 29.1 Å². The summed E-state index contributed by atoms with van der Waals surface area (Å²) >= 11 is 0. The van der Waals surface area contributed by atoms with Gasteiger partial charge in [-0.3, -0.25) is 9.59 Å². The number of halogens is 1. The number of carbonyl (C=O) groups excluding carboxylic acids is 1. The third kappa shape index (κ3) is 4.55. The van der Waals surface area contributed by atoms with Gasteiger partial charge in [0.05, 0.1) is 24.2 Å². The lowest BCUT2D eigenvalue weighted by atomic mass is 9.99. The van der Waals surface area contributed by atoms with Gasteiger partial charge in [-0.2, -0.15) is 5.10 Å². The molecule has 7 heteroatoms. The van der Waals surface area contributed by atoms with Gasteiger partial charge in [0.2, 0.25) is 5.91 Å². The molecule has 0 aliphatic heterocycles. The summed E-state index contributed by atoms with van der Waals surface area (Å²) < 4.78 is 1.38. The topological polar surface area (TPSA) is 90.0 Å². The van der Waals surface area contributed by atoms with Crippen molar-refractivity contribution in [3.8, 4) is 0 Å². The van der Waals surface area contributed by atoms with Gasteiger partial charge >= 0.3 is 0 Å². The summed E-state index contributed by atoms with van der Waals surface area (Å²) in [5, 5.41) is 8.46. The van der Waals surface area contributed by atoms with Gasteiger partial charge < -0.3 is 11.1 Å². The maximum atomic E-state index is 12.4. The standard InChI is InChI=1S/C17H24N4O2.ClH/c1-4-11(2)15(18)16(22)20-12(3)10-21-17(23)14-8-6-5-7-13(14)9-19-21;/h5-9,11-12,15H,4,10,18H2,1-3H3,(H,20,22);1H. The highest BCUT2D eigenvalue weighted by molar-refractivity contribution is 5.85. The molecular weight excluding hydrogens is 328 g/mol. The van der Waals surface area contributed by atoms with E-state index in [9.17, 15) is 9.59 Å². The SMILES string of the molecule is CCC(C)C(N)C(=O)NC(C)Cn1ncc2ccccc2c1=O.Cl. The first kappa shape index (κ1) is 20.1. The number of nitrogens with one attached hydrogen (secondary N) is 1. The fourth-order valence-corrected chi connectivity index (χ4v) is 2.41. The highest BCUT2D eigenvalue weighted by Crippen LogP contribution is 2.07. The molecule has 0 fully saturated rings. The van der Waals surface area contributed by atoms with Crippen molar-refractivity contribution in [3.05, 3.63) is 40.8 Å².